The Bertz CT molecular complexity index is 790. The van der Waals surface area contributed by atoms with Gasteiger partial charge in [-0.3, -0.25) is 9.59 Å². The predicted molar refractivity (Wildman–Crippen MR) is 79.7 cm³/mol. The van der Waals surface area contributed by atoms with E-state index < -0.39 is 11.5 Å². The molecule has 0 fully saturated rings. The molecule has 0 spiro atoms. The molecule has 0 N–H and O–H groups in total. The molecule has 21 heavy (non-hydrogen) atoms. The van der Waals surface area contributed by atoms with Crippen LogP contribution in [0.3, 0.4) is 0 Å². The van der Waals surface area contributed by atoms with Crippen molar-refractivity contribution in [2.45, 2.75) is 6.54 Å². The van der Waals surface area contributed by atoms with Crippen LogP contribution in [-0.4, -0.2) is 10.5 Å². The van der Waals surface area contributed by atoms with Crippen LogP contribution in [0.2, 0.25) is 10.0 Å². The van der Waals surface area contributed by atoms with Crippen molar-refractivity contribution in [3.05, 3.63) is 78.5 Å². The summed E-state index contributed by atoms with van der Waals surface area (Å²) in [6.07, 6.45) is 1.49. The van der Waals surface area contributed by atoms with Gasteiger partial charge in [-0.15, -0.1) is 0 Å². The number of amides is 1. The number of rotatable bonds is 3. The molecule has 106 valence electrons. The fourth-order valence-electron chi connectivity index (χ4n) is 1.77. The Morgan fingerprint density at radius 2 is 1.90 bits per heavy atom. The molecular formula is C13H8Cl2N4O2. The molecule has 0 aliphatic carbocycles. The van der Waals surface area contributed by atoms with E-state index in [2.05, 4.69) is 10.0 Å². The first kappa shape index (κ1) is 15.1. The van der Waals surface area contributed by atoms with Crippen molar-refractivity contribution in [3.8, 4) is 0 Å². The monoisotopic (exact) mass is 322 g/mol. The largest absolute Gasteiger partial charge is 0.310 e. The molecule has 1 aromatic heterocycles. The molecule has 2 aromatic rings. The highest BCUT2D eigenvalue weighted by Gasteiger charge is 2.12. The van der Waals surface area contributed by atoms with Gasteiger partial charge in [0.1, 0.15) is 0 Å². The van der Waals surface area contributed by atoms with E-state index in [-0.39, 0.29) is 12.1 Å². The minimum Gasteiger partial charge on any atom is -0.310 e. The zero-order chi connectivity index (χ0) is 15.4. The molecule has 6 nitrogen and oxygen atoms in total. The molecular weight excluding hydrogens is 315 g/mol. The number of azide groups is 1. The quantitative estimate of drug-likeness (QED) is 0.490. The Labute approximate surface area is 129 Å². The standard InChI is InChI=1S/C13H8Cl2N4O2/c14-10-4-1-5-11(15)9(10)7-19-6-2-3-8(13(19)21)12(20)17-18-16/h1-6H,7H2. The summed E-state index contributed by atoms with van der Waals surface area (Å²) in [5.74, 6) is -0.929. The Kier molecular flexibility index (Phi) is 4.65. The second-order valence-electron chi connectivity index (χ2n) is 4.05. The highest BCUT2D eigenvalue weighted by atomic mass is 35.5. The number of hydrogen-bond donors (Lipinski definition) is 0. The molecule has 8 heteroatoms. The van der Waals surface area contributed by atoms with Gasteiger partial charge in [0.2, 0.25) is 0 Å². The van der Waals surface area contributed by atoms with E-state index >= 15 is 0 Å². The molecule has 2 rings (SSSR count). The number of pyridine rings is 1. The molecule has 1 amide bonds. The molecule has 0 aliphatic heterocycles. The summed E-state index contributed by atoms with van der Waals surface area (Å²) in [4.78, 5) is 26.1. The van der Waals surface area contributed by atoms with Crippen molar-refractivity contribution in [3.63, 3.8) is 0 Å². The number of aromatic nitrogens is 1. The maximum Gasteiger partial charge on any atom is 0.261 e. The highest BCUT2D eigenvalue weighted by molar-refractivity contribution is 6.35. The molecule has 0 saturated carbocycles. The Hall–Kier alpha value is -2.27. The molecule has 0 bridgehead atoms. The average Bonchev–Trinajstić information content (AvgIpc) is 2.45. The van der Waals surface area contributed by atoms with Crippen LogP contribution in [-0.2, 0) is 6.54 Å². The number of benzene rings is 1. The number of carbonyl (C=O) groups excluding carboxylic acids is 1. The summed E-state index contributed by atoms with van der Waals surface area (Å²) in [6, 6.07) is 7.81. The number of halogens is 2. The van der Waals surface area contributed by atoms with Crippen molar-refractivity contribution >= 4 is 29.1 Å². The predicted octanol–water partition coefficient (Wildman–Crippen LogP) is 3.65. The summed E-state index contributed by atoms with van der Waals surface area (Å²) in [7, 11) is 0. The van der Waals surface area contributed by atoms with E-state index in [0.717, 1.165) is 0 Å². The van der Waals surface area contributed by atoms with Crippen LogP contribution in [0.4, 0.5) is 0 Å². The third-order valence-corrected chi connectivity index (χ3v) is 3.48. The van der Waals surface area contributed by atoms with Crippen LogP contribution in [0.15, 0.2) is 46.4 Å². The van der Waals surface area contributed by atoms with Gasteiger partial charge in [-0.25, -0.2) is 0 Å². The van der Waals surface area contributed by atoms with Crippen LogP contribution in [0.5, 0.6) is 0 Å². The van der Waals surface area contributed by atoms with Gasteiger partial charge < -0.3 is 4.57 Å². The summed E-state index contributed by atoms with van der Waals surface area (Å²) in [6.45, 7) is 0.106. The lowest BCUT2D eigenvalue weighted by molar-refractivity contribution is 0.0998. The van der Waals surface area contributed by atoms with Crippen molar-refractivity contribution < 1.29 is 4.79 Å². The number of hydrogen-bond acceptors (Lipinski definition) is 2. The summed E-state index contributed by atoms with van der Waals surface area (Å²) in [5.41, 5.74) is 8.04. The minimum absolute atomic E-state index is 0.106. The Balaban J connectivity index is 2.47. The second kappa shape index (κ2) is 6.45. The molecule has 0 saturated heterocycles. The lowest BCUT2D eigenvalue weighted by Crippen LogP contribution is -2.25. The zero-order valence-corrected chi connectivity index (χ0v) is 12.0. The molecule has 0 atom stereocenters. The van der Waals surface area contributed by atoms with Crippen LogP contribution < -0.4 is 5.56 Å². The maximum atomic E-state index is 12.2. The topological polar surface area (TPSA) is 87.8 Å². The van der Waals surface area contributed by atoms with E-state index in [1.54, 1.807) is 18.2 Å². The molecule has 0 unspecified atom stereocenters. The SMILES string of the molecule is [N-]=[N+]=NC(=O)c1cccn(Cc2c(Cl)cccc2Cl)c1=O. The zero-order valence-electron chi connectivity index (χ0n) is 10.5. The molecule has 1 aromatic carbocycles. The van der Waals surface area contributed by atoms with Crippen LogP contribution >= 0.6 is 23.2 Å². The summed E-state index contributed by atoms with van der Waals surface area (Å²) >= 11 is 12.1. The average molecular weight is 323 g/mol. The Morgan fingerprint density at radius 3 is 2.52 bits per heavy atom. The first-order chi connectivity index (χ1) is 10.0. The maximum absolute atomic E-state index is 12.2. The van der Waals surface area contributed by atoms with Crippen molar-refractivity contribution in [1.82, 2.24) is 4.57 Å². The van der Waals surface area contributed by atoms with Gasteiger partial charge in [0.15, 0.2) is 0 Å². The third-order valence-electron chi connectivity index (χ3n) is 2.78. The highest BCUT2D eigenvalue weighted by Crippen LogP contribution is 2.24. The lowest BCUT2D eigenvalue weighted by Gasteiger charge is -2.10. The van der Waals surface area contributed by atoms with Crippen LogP contribution in [0, 0.1) is 0 Å². The van der Waals surface area contributed by atoms with E-state index in [9.17, 15) is 9.59 Å². The van der Waals surface area contributed by atoms with E-state index in [4.69, 9.17) is 28.7 Å². The lowest BCUT2D eigenvalue weighted by atomic mass is 10.2. The van der Waals surface area contributed by atoms with Gasteiger partial charge in [-0.05, 0) is 34.9 Å². The fourth-order valence-corrected chi connectivity index (χ4v) is 2.29. The summed E-state index contributed by atoms with van der Waals surface area (Å²) < 4.78 is 1.27. The smallest absolute Gasteiger partial charge is 0.261 e. The number of nitrogens with zero attached hydrogens (tertiary/aromatic N) is 4. The van der Waals surface area contributed by atoms with Gasteiger partial charge in [0.05, 0.1) is 12.1 Å². The van der Waals surface area contributed by atoms with Gasteiger partial charge in [-0.1, -0.05) is 29.3 Å². The Morgan fingerprint density at radius 1 is 1.24 bits per heavy atom. The number of carbonyl (C=O) groups is 1. The first-order valence-corrected chi connectivity index (χ1v) is 6.52. The van der Waals surface area contributed by atoms with Gasteiger partial charge in [0.25, 0.3) is 11.5 Å². The van der Waals surface area contributed by atoms with Crippen molar-refractivity contribution in [2.24, 2.45) is 5.11 Å². The fraction of sp³-hybridized carbons (Fsp3) is 0.0769. The van der Waals surface area contributed by atoms with Crippen LogP contribution in [0.25, 0.3) is 10.4 Å². The molecule has 0 aliphatic rings. The minimum atomic E-state index is -0.929. The van der Waals surface area contributed by atoms with Gasteiger partial charge in [-0.2, -0.15) is 0 Å². The third kappa shape index (κ3) is 3.25. The van der Waals surface area contributed by atoms with Gasteiger partial charge >= 0.3 is 0 Å². The summed E-state index contributed by atoms with van der Waals surface area (Å²) in [5, 5.41) is 3.75. The van der Waals surface area contributed by atoms with Crippen LogP contribution in [0.1, 0.15) is 15.9 Å². The van der Waals surface area contributed by atoms with Crippen molar-refractivity contribution in [1.29, 1.82) is 0 Å². The molecule has 0 radical (unpaired) electrons. The first-order valence-electron chi connectivity index (χ1n) is 5.76. The normalized spacial score (nSPS) is 10.0. The van der Waals surface area contributed by atoms with E-state index in [1.807, 2.05) is 0 Å². The van der Waals surface area contributed by atoms with Crippen molar-refractivity contribution in [2.75, 3.05) is 0 Å². The molecule has 1 heterocycles. The van der Waals surface area contributed by atoms with Gasteiger partial charge in [0, 0.05) is 26.7 Å². The van der Waals surface area contributed by atoms with E-state index in [1.165, 1.54) is 22.9 Å². The second-order valence-corrected chi connectivity index (χ2v) is 4.86. The van der Waals surface area contributed by atoms with E-state index in [0.29, 0.717) is 15.6 Å².